The zero-order valence-corrected chi connectivity index (χ0v) is 13.6. The number of phenols is 1. The first-order valence-corrected chi connectivity index (χ1v) is 8.82. The average molecular weight is 312 g/mol. The number of aromatic nitrogens is 1. The van der Waals surface area contributed by atoms with Gasteiger partial charge in [0.15, 0.2) is 0 Å². The molecule has 1 aromatic heterocycles. The van der Waals surface area contributed by atoms with Crippen molar-refractivity contribution in [1.29, 1.82) is 0 Å². The van der Waals surface area contributed by atoms with Gasteiger partial charge in [0.1, 0.15) is 5.75 Å². The molecule has 23 heavy (non-hydrogen) atoms. The molecule has 5 atom stereocenters. The highest BCUT2D eigenvalue weighted by atomic mass is 16.3. The number of aliphatic hydroxyl groups excluding tert-OH is 1. The van der Waals surface area contributed by atoms with Crippen LogP contribution in [-0.4, -0.2) is 45.4 Å². The lowest BCUT2D eigenvalue weighted by Crippen LogP contribution is -2.57. The molecule has 0 spiro atoms. The Morgan fingerprint density at radius 3 is 2.96 bits per heavy atom. The number of piperidine rings is 2. The third-order valence-corrected chi connectivity index (χ3v) is 6.60. The molecule has 1 saturated carbocycles. The van der Waals surface area contributed by atoms with Gasteiger partial charge in [-0.1, -0.05) is 0 Å². The zero-order valence-electron chi connectivity index (χ0n) is 13.6. The molecule has 2 N–H and O–H groups in total. The molecule has 4 heteroatoms. The van der Waals surface area contributed by atoms with Crippen molar-refractivity contribution >= 4 is 10.9 Å². The molecular weight excluding hydrogens is 288 g/mol. The van der Waals surface area contributed by atoms with Gasteiger partial charge >= 0.3 is 0 Å². The predicted octanol–water partition coefficient (Wildman–Crippen LogP) is 2.23. The number of nitrogens with zero attached hydrogens (tertiary/aromatic N) is 2. The van der Waals surface area contributed by atoms with Gasteiger partial charge < -0.3 is 14.8 Å². The molecule has 2 saturated heterocycles. The Hall–Kier alpha value is -1.52. The van der Waals surface area contributed by atoms with Crippen molar-refractivity contribution in [3.63, 3.8) is 0 Å². The average Bonchev–Trinajstić information content (AvgIpc) is 2.76. The van der Waals surface area contributed by atoms with Gasteiger partial charge in [-0.25, -0.2) is 0 Å². The van der Waals surface area contributed by atoms with E-state index in [1.807, 2.05) is 12.1 Å². The highest BCUT2D eigenvalue weighted by molar-refractivity contribution is 5.87. The Morgan fingerprint density at radius 1 is 1.26 bits per heavy atom. The van der Waals surface area contributed by atoms with Crippen LogP contribution in [0.3, 0.4) is 0 Å². The van der Waals surface area contributed by atoms with Crippen LogP contribution in [0.2, 0.25) is 0 Å². The SMILES string of the molecule is Cn1c2c(c3cc(O)ccc31)CCN1CC3CC(CO)C1C2C3. The van der Waals surface area contributed by atoms with Gasteiger partial charge in [-0.05, 0) is 54.9 Å². The maximum Gasteiger partial charge on any atom is 0.116 e. The number of hydrogen-bond acceptors (Lipinski definition) is 3. The van der Waals surface area contributed by atoms with Gasteiger partial charge in [0.2, 0.25) is 0 Å². The number of fused-ring (bicyclic) bond motifs is 4. The molecule has 4 heterocycles. The van der Waals surface area contributed by atoms with Gasteiger partial charge in [-0.3, -0.25) is 4.90 Å². The molecule has 0 radical (unpaired) electrons. The monoisotopic (exact) mass is 312 g/mol. The minimum absolute atomic E-state index is 0.314. The summed E-state index contributed by atoms with van der Waals surface area (Å²) in [5.74, 6) is 2.02. The number of benzene rings is 1. The lowest BCUT2D eigenvalue weighted by Gasteiger charge is -2.53. The lowest BCUT2D eigenvalue weighted by atomic mass is 9.66. The molecular formula is C19H24N2O2. The molecule has 4 nitrogen and oxygen atoms in total. The van der Waals surface area contributed by atoms with Crippen molar-refractivity contribution in [3.8, 4) is 5.75 Å². The maximum atomic E-state index is 9.93. The number of aliphatic hydroxyl groups is 1. The van der Waals surface area contributed by atoms with Crippen LogP contribution in [0.5, 0.6) is 5.75 Å². The van der Waals surface area contributed by atoms with Crippen molar-refractivity contribution in [2.45, 2.75) is 31.2 Å². The molecule has 0 amide bonds. The van der Waals surface area contributed by atoms with E-state index in [1.165, 1.54) is 41.5 Å². The van der Waals surface area contributed by atoms with Gasteiger partial charge in [0.05, 0.1) is 0 Å². The van der Waals surface area contributed by atoms with Gasteiger partial charge in [-0.15, -0.1) is 0 Å². The Kier molecular flexibility index (Phi) is 2.86. The first kappa shape index (κ1) is 13.9. The summed E-state index contributed by atoms with van der Waals surface area (Å²) in [7, 11) is 2.17. The molecule has 6 rings (SSSR count). The summed E-state index contributed by atoms with van der Waals surface area (Å²) in [6.07, 6.45) is 3.49. The van der Waals surface area contributed by atoms with Gasteiger partial charge in [0.25, 0.3) is 0 Å². The molecule has 3 aliphatic heterocycles. The van der Waals surface area contributed by atoms with Crippen molar-refractivity contribution < 1.29 is 10.2 Å². The van der Waals surface area contributed by atoms with Crippen molar-refractivity contribution in [1.82, 2.24) is 9.47 Å². The minimum atomic E-state index is 0.314. The Bertz CT molecular complexity index is 781. The second-order valence-electron chi connectivity index (χ2n) is 7.75. The molecule has 1 aliphatic carbocycles. The van der Waals surface area contributed by atoms with E-state index in [9.17, 15) is 10.2 Å². The van der Waals surface area contributed by atoms with Crippen LogP contribution in [0.15, 0.2) is 18.2 Å². The quantitative estimate of drug-likeness (QED) is 0.849. The third kappa shape index (κ3) is 1.79. The Morgan fingerprint density at radius 2 is 2.13 bits per heavy atom. The third-order valence-electron chi connectivity index (χ3n) is 6.60. The summed E-state index contributed by atoms with van der Waals surface area (Å²) >= 11 is 0. The standard InChI is InChI=1S/C19H24N2O2/c1-20-17-3-2-13(23)8-15(17)14-4-5-21-9-11-6-12(10-22)18(21)16(7-11)19(14)20/h2-3,8,11-12,16,18,22-23H,4-7,9-10H2,1H3. The number of rotatable bonds is 1. The van der Waals surface area contributed by atoms with E-state index in [-0.39, 0.29) is 0 Å². The molecule has 1 aromatic carbocycles. The summed E-state index contributed by atoms with van der Waals surface area (Å²) in [6, 6.07) is 6.25. The lowest BCUT2D eigenvalue weighted by molar-refractivity contribution is -0.0325. The van der Waals surface area contributed by atoms with Crippen LogP contribution in [0, 0.1) is 11.8 Å². The van der Waals surface area contributed by atoms with Crippen LogP contribution in [0.25, 0.3) is 10.9 Å². The van der Waals surface area contributed by atoms with Crippen LogP contribution >= 0.6 is 0 Å². The largest absolute Gasteiger partial charge is 0.508 e. The first-order chi connectivity index (χ1) is 11.2. The van der Waals surface area contributed by atoms with E-state index in [4.69, 9.17) is 0 Å². The summed E-state index contributed by atoms with van der Waals surface area (Å²) < 4.78 is 2.35. The predicted molar refractivity (Wildman–Crippen MR) is 89.7 cm³/mol. The van der Waals surface area contributed by atoms with Gasteiger partial charge in [-0.2, -0.15) is 0 Å². The summed E-state index contributed by atoms with van der Waals surface area (Å²) in [6.45, 7) is 2.60. The summed E-state index contributed by atoms with van der Waals surface area (Å²) in [4.78, 5) is 2.64. The molecule has 122 valence electrons. The smallest absolute Gasteiger partial charge is 0.116 e. The van der Waals surface area contributed by atoms with Crippen LogP contribution in [-0.2, 0) is 13.5 Å². The highest BCUT2D eigenvalue weighted by Gasteiger charge is 2.49. The van der Waals surface area contributed by atoms with Crippen molar-refractivity contribution in [2.24, 2.45) is 18.9 Å². The topological polar surface area (TPSA) is 48.6 Å². The molecule has 4 bridgehead atoms. The Labute approximate surface area is 136 Å². The van der Waals surface area contributed by atoms with E-state index in [0.29, 0.717) is 30.2 Å². The second-order valence-corrected chi connectivity index (χ2v) is 7.75. The van der Waals surface area contributed by atoms with E-state index in [1.54, 1.807) is 6.07 Å². The van der Waals surface area contributed by atoms with Crippen LogP contribution in [0.4, 0.5) is 0 Å². The number of phenolic OH excluding ortho intramolecular Hbond substituents is 1. The molecule has 2 aromatic rings. The van der Waals surface area contributed by atoms with E-state index < -0.39 is 0 Å². The fourth-order valence-corrected chi connectivity index (χ4v) is 5.86. The fraction of sp³-hybridized carbons (Fsp3) is 0.579. The highest BCUT2D eigenvalue weighted by Crippen LogP contribution is 2.50. The molecule has 3 fully saturated rings. The van der Waals surface area contributed by atoms with E-state index >= 15 is 0 Å². The molecule has 4 aliphatic rings. The van der Waals surface area contributed by atoms with E-state index in [2.05, 4.69) is 16.5 Å². The maximum absolute atomic E-state index is 9.93. The number of aromatic hydroxyl groups is 1. The second kappa shape index (κ2) is 4.74. The zero-order chi connectivity index (χ0) is 15.7. The van der Waals surface area contributed by atoms with Crippen molar-refractivity contribution in [2.75, 3.05) is 19.7 Å². The first-order valence-electron chi connectivity index (χ1n) is 8.82. The Balaban J connectivity index is 1.74. The molecule has 5 unspecified atom stereocenters. The minimum Gasteiger partial charge on any atom is -0.508 e. The van der Waals surface area contributed by atoms with Crippen LogP contribution in [0.1, 0.15) is 30.0 Å². The van der Waals surface area contributed by atoms with Gasteiger partial charge in [0, 0.05) is 55.3 Å². The number of hydrogen-bond donors (Lipinski definition) is 2. The summed E-state index contributed by atoms with van der Waals surface area (Å²) in [5.41, 5.74) is 4.11. The van der Waals surface area contributed by atoms with E-state index in [0.717, 1.165) is 18.9 Å². The normalized spacial score (nSPS) is 35.3. The van der Waals surface area contributed by atoms with Crippen molar-refractivity contribution in [3.05, 3.63) is 29.5 Å². The number of aryl methyl sites for hydroxylation is 1. The fourth-order valence-electron chi connectivity index (χ4n) is 5.86. The summed E-state index contributed by atoms with van der Waals surface area (Å²) in [5, 5.41) is 21.0. The van der Waals surface area contributed by atoms with Crippen LogP contribution < -0.4 is 0 Å².